The Hall–Kier alpha value is -1.07. The van der Waals surface area contributed by atoms with Crippen LogP contribution >= 0.6 is 0 Å². The maximum absolute atomic E-state index is 12.6. The Labute approximate surface area is 125 Å². The summed E-state index contributed by atoms with van der Waals surface area (Å²) in [5, 5.41) is 0. The SMILES string of the molecule is CCC(C)CN(CC)C(CN)c1ccc(C(F)(F)F)cc1. The molecule has 0 aliphatic rings. The van der Waals surface area contributed by atoms with E-state index >= 15 is 0 Å². The molecule has 0 aliphatic heterocycles. The number of likely N-dealkylation sites (N-methyl/N-ethyl adjacent to an activating group) is 1. The predicted molar refractivity (Wildman–Crippen MR) is 79.9 cm³/mol. The molecule has 0 radical (unpaired) electrons. The van der Waals surface area contributed by atoms with Crippen LogP contribution in [-0.4, -0.2) is 24.5 Å². The van der Waals surface area contributed by atoms with Crippen LogP contribution in [0.4, 0.5) is 13.2 Å². The molecule has 2 nitrogen and oxygen atoms in total. The summed E-state index contributed by atoms with van der Waals surface area (Å²) in [5.74, 6) is 0.536. The van der Waals surface area contributed by atoms with Crippen LogP contribution in [0.15, 0.2) is 24.3 Å². The molecule has 0 spiro atoms. The lowest BCUT2D eigenvalue weighted by Crippen LogP contribution is -2.36. The van der Waals surface area contributed by atoms with Crippen LogP contribution in [0.25, 0.3) is 0 Å². The Morgan fingerprint density at radius 1 is 1.14 bits per heavy atom. The van der Waals surface area contributed by atoms with Gasteiger partial charge in [0.2, 0.25) is 0 Å². The smallest absolute Gasteiger partial charge is 0.329 e. The molecule has 0 saturated carbocycles. The predicted octanol–water partition coefficient (Wildman–Crippen LogP) is 4.07. The fraction of sp³-hybridized carbons (Fsp3) is 0.625. The van der Waals surface area contributed by atoms with Crippen molar-refractivity contribution < 1.29 is 13.2 Å². The number of halogens is 3. The van der Waals surface area contributed by atoms with Crippen LogP contribution in [-0.2, 0) is 6.18 Å². The van der Waals surface area contributed by atoms with E-state index in [-0.39, 0.29) is 6.04 Å². The molecule has 0 aliphatic carbocycles. The van der Waals surface area contributed by atoms with Crippen LogP contribution < -0.4 is 5.73 Å². The summed E-state index contributed by atoms with van der Waals surface area (Å²) in [5.41, 5.74) is 6.08. The number of nitrogens with two attached hydrogens (primary N) is 1. The first kappa shape index (κ1) is 18.0. The van der Waals surface area contributed by atoms with Crippen molar-refractivity contribution in [3.05, 3.63) is 35.4 Å². The molecular formula is C16H25F3N2. The minimum Gasteiger partial charge on any atom is -0.329 e. The van der Waals surface area contributed by atoms with Gasteiger partial charge in [0.05, 0.1) is 5.56 Å². The van der Waals surface area contributed by atoms with E-state index in [2.05, 4.69) is 25.7 Å². The molecule has 1 aromatic rings. The Morgan fingerprint density at radius 3 is 2.10 bits per heavy atom. The average Bonchev–Trinajstić information content (AvgIpc) is 2.46. The summed E-state index contributed by atoms with van der Waals surface area (Å²) in [7, 11) is 0. The van der Waals surface area contributed by atoms with Gasteiger partial charge in [-0.1, -0.05) is 39.3 Å². The van der Waals surface area contributed by atoms with Gasteiger partial charge in [-0.05, 0) is 30.2 Å². The topological polar surface area (TPSA) is 29.3 Å². The van der Waals surface area contributed by atoms with E-state index in [1.54, 1.807) is 12.1 Å². The van der Waals surface area contributed by atoms with E-state index in [9.17, 15) is 13.2 Å². The molecule has 0 saturated heterocycles. The molecule has 0 amide bonds. The first-order chi connectivity index (χ1) is 9.83. The zero-order valence-corrected chi connectivity index (χ0v) is 13.0. The molecular weight excluding hydrogens is 277 g/mol. The molecule has 0 aromatic heterocycles. The van der Waals surface area contributed by atoms with Crippen molar-refractivity contribution in [1.82, 2.24) is 4.90 Å². The van der Waals surface area contributed by atoms with Gasteiger partial charge in [0.15, 0.2) is 0 Å². The molecule has 1 aromatic carbocycles. The molecule has 0 heterocycles. The number of benzene rings is 1. The lowest BCUT2D eigenvalue weighted by Gasteiger charge is -2.32. The van der Waals surface area contributed by atoms with Crippen molar-refractivity contribution in [2.24, 2.45) is 11.7 Å². The van der Waals surface area contributed by atoms with E-state index < -0.39 is 11.7 Å². The van der Waals surface area contributed by atoms with E-state index in [1.807, 2.05) is 0 Å². The third-order valence-corrected chi connectivity index (χ3v) is 3.94. The van der Waals surface area contributed by atoms with Crippen molar-refractivity contribution in [2.45, 2.75) is 39.4 Å². The highest BCUT2D eigenvalue weighted by Crippen LogP contribution is 2.30. The van der Waals surface area contributed by atoms with Crippen molar-refractivity contribution >= 4 is 0 Å². The highest BCUT2D eigenvalue weighted by atomic mass is 19.4. The minimum absolute atomic E-state index is 0.0358. The molecule has 1 rings (SSSR count). The summed E-state index contributed by atoms with van der Waals surface area (Å²) in [6, 6.07) is 5.31. The van der Waals surface area contributed by atoms with Crippen molar-refractivity contribution in [1.29, 1.82) is 0 Å². The molecule has 2 N–H and O–H groups in total. The molecule has 21 heavy (non-hydrogen) atoms. The molecule has 5 heteroatoms. The zero-order chi connectivity index (χ0) is 16.0. The van der Waals surface area contributed by atoms with Gasteiger partial charge < -0.3 is 5.73 Å². The molecule has 2 unspecified atom stereocenters. The Bertz CT molecular complexity index is 415. The lowest BCUT2D eigenvalue weighted by molar-refractivity contribution is -0.137. The van der Waals surface area contributed by atoms with Gasteiger partial charge in [0.1, 0.15) is 0 Å². The maximum Gasteiger partial charge on any atom is 0.416 e. The van der Waals surface area contributed by atoms with Gasteiger partial charge >= 0.3 is 6.18 Å². The summed E-state index contributed by atoms with van der Waals surface area (Å²) in [4.78, 5) is 2.23. The van der Waals surface area contributed by atoms with E-state index in [0.29, 0.717) is 12.5 Å². The first-order valence-electron chi connectivity index (χ1n) is 7.44. The Kier molecular flexibility index (Phi) is 6.68. The Morgan fingerprint density at radius 2 is 1.71 bits per heavy atom. The fourth-order valence-electron chi connectivity index (χ4n) is 2.40. The largest absolute Gasteiger partial charge is 0.416 e. The van der Waals surface area contributed by atoms with Crippen molar-refractivity contribution in [3.8, 4) is 0 Å². The quantitative estimate of drug-likeness (QED) is 0.822. The van der Waals surface area contributed by atoms with Crippen LogP contribution in [0.3, 0.4) is 0 Å². The molecule has 0 fully saturated rings. The normalized spacial score (nSPS) is 15.2. The number of hydrogen-bond acceptors (Lipinski definition) is 2. The third kappa shape index (κ3) is 5.00. The average molecular weight is 302 g/mol. The summed E-state index contributed by atoms with van der Waals surface area (Å²) in [6.45, 7) is 8.48. The number of rotatable bonds is 7. The number of alkyl halides is 3. The standard InChI is InChI=1S/C16H25F3N2/c1-4-12(3)11-21(5-2)15(10-20)13-6-8-14(9-7-13)16(17,18)19/h6-9,12,15H,4-5,10-11,20H2,1-3H3. The lowest BCUT2D eigenvalue weighted by atomic mass is 10.0. The Balaban J connectivity index is 2.92. The summed E-state index contributed by atoms with van der Waals surface area (Å²) in [6.07, 6.45) is -3.22. The van der Waals surface area contributed by atoms with Gasteiger partial charge in [-0.15, -0.1) is 0 Å². The fourth-order valence-corrected chi connectivity index (χ4v) is 2.40. The van der Waals surface area contributed by atoms with Crippen molar-refractivity contribution in [3.63, 3.8) is 0 Å². The van der Waals surface area contributed by atoms with E-state index in [0.717, 1.165) is 37.2 Å². The van der Waals surface area contributed by atoms with Crippen LogP contribution in [0, 0.1) is 5.92 Å². The van der Waals surface area contributed by atoms with Crippen LogP contribution in [0.5, 0.6) is 0 Å². The number of nitrogens with zero attached hydrogens (tertiary/aromatic N) is 1. The zero-order valence-electron chi connectivity index (χ0n) is 13.0. The first-order valence-corrected chi connectivity index (χ1v) is 7.44. The van der Waals surface area contributed by atoms with Crippen LogP contribution in [0.1, 0.15) is 44.4 Å². The molecule has 120 valence electrons. The second-order valence-corrected chi connectivity index (χ2v) is 5.47. The number of hydrogen-bond donors (Lipinski definition) is 1. The minimum atomic E-state index is -4.29. The van der Waals surface area contributed by atoms with Gasteiger partial charge in [-0.2, -0.15) is 13.2 Å². The van der Waals surface area contributed by atoms with E-state index in [1.165, 1.54) is 0 Å². The van der Waals surface area contributed by atoms with Gasteiger partial charge in [0, 0.05) is 19.1 Å². The monoisotopic (exact) mass is 302 g/mol. The highest BCUT2D eigenvalue weighted by Gasteiger charge is 2.30. The second-order valence-electron chi connectivity index (χ2n) is 5.47. The highest BCUT2D eigenvalue weighted by molar-refractivity contribution is 5.27. The van der Waals surface area contributed by atoms with Gasteiger partial charge in [-0.25, -0.2) is 0 Å². The third-order valence-electron chi connectivity index (χ3n) is 3.94. The second kappa shape index (κ2) is 7.80. The van der Waals surface area contributed by atoms with Gasteiger partial charge in [-0.3, -0.25) is 4.90 Å². The van der Waals surface area contributed by atoms with E-state index in [4.69, 9.17) is 5.73 Å². The molecule has 0 bridgehead atoms. The summed E-state index contributed by atoms with van der Waals surface area (Å²) < 4.78 is 37.8. The maximum atomic E-state index is 12.6. The van der Waals surface area contributed by atoms with Gasteiger partial charge in [0.25, 0.3) is 0 Å². The van der Waals surface area contributed by atoms with Crippen LogP contribution in [0.2, 0.25) is 0 Å². The summed E-state index contributed by atoms with van der Waals surface area (Å²) >= 11 is 0. The van der Waals surface area contributed by atoms with Crippen molar-refractivity contribution in [2.75, 3.05) is 19.6 Å². The molecule has 2 atom stereocenters.